The third kappa shape index (κ3) is 4.36. The zero-order chi connectivity index (χ0) is 22.0. The molecule has 0 radical (unpaired) electrons. The van der Waals surface area contributed by atoms with Crippen LogP contribution in [-0.2, 0) is 4.79 Å². The van der Waals surface area contributed by atoms with Gasteiger partial charge in [-0.2, -0.15) is 0 Å². The van der Waals surface area contributed by atoms with E-state index in [1.807, 2.05) is 18.2 Å². The lowest BCUT2D eigenvalue weighted by Gasteiger charge is -2.18. The van der Waals surface area contributed by atoms with Crippen LogP contribution in [0.5, 0.6) is 11.5 Å². The van der Waals surface area contributed by atoms with Gasteiger partial charge in [0.1, 0.15) is 19.3 Å². The zero-order valence-electron chi connectivity index (χ0n) is 16.4. The highest BCUT2D eigenvalue weighted by molar-refractivity contribution is 7.17. The summed E-state index contributed by atoms with van der Waals surface area (Å²) in [5.74, 6) is -1.88. The highest BCUT2D eigenvalue weighted by Crippen LogP contribution is 2.37. The molecule has 2 aromatic carbocycles. The molecule has 1 aliphatic heterocycles. The van der Waals surface area contributed by atoms with Crippen molar-refractivity contribution in [1.82, 2.24) is 10.6 Å². The Morgan fingerprint density at radius 3 is 2.48 bits per heavy atom. The van der Waals surface area contributed by atoms with Gasteiger partial charge in [-0.1, -0.05) is 6.07 Å². The van der Waals surface area contributed by atoms with E-state index >= 15 is 0 Å². The Kier molecular flexibility index (Phi) is 5.85. The molecule has 0 bridgehead atoms. The van der Waals surface area contributed by atoms with Gasteiger partial charge in [-0.05, 0) is 53.6 Å². The van der Waals surface area contributed by atoms with Crippen LogP contribution >= 0.6 is 11.3 Å². The lowest BCUT2D eigenvalue weighted by molar-refractivity contribution is -0.122. The number of rotatable bonds is 5. The Balaban J connectivity index is 1.55. The highest BCUT2D eigenvalue weighted by atomic mass is 32.1. The van der Waals surface area contributed by atoms with Crippen molar-refractivity contribution in [3.05, 3.63) is 70.6 Å². The Morgan fingerprint density at radius 2 is 1.74 bits per heavy atom. The number of hydrogen-bond acceptors (Lipinski definition) is 5. The van der Waals surface area contributed by atoms with Crippen molar-refractivity contribution in [1.29, 1.82) is 0 Å². The van der Waals surface area contributed by atoms with E-state index in [2.05, 4.69) is 10.6 Å². The van der Waals surface area contributed by atoms with Gasteiger partial charge in [-0.3, -0.25) is 9.59 Å². The summed E-state index contributed by atoms with van der Waals surface area (Å²) in [6.07, 6.45) is 0. The van der Waals surface area contributed by atoms with Crippen LogP contribution in [-0.4, -0.2) is 32.1 Å². The minimum atomic E-state index is -1.17. The van der Waals surface area contributed by atoms with E-state index in [0.29, 0.717) is 29.6 Å². The molecule has 0 spiro atoms. The van der Waals surface area contributed by atoms with Gasteiger partial charge in [0.25, 0.3) is 5.91 Å². The molecule has 3 aromatic rings. The molecule has 1 unspecified atom stereocenters. The number of benzene rings is 2. The van der Waals surface area contributed by atoms with Crippen molar-refractivity contribution in [3.8, 4) is 21.9 Å². The van der Waals surface area contributed by atoms with Crippen LogP contribution < -0.4 is 20.1 Å². The topological polar surface area (TPSA) is 76.7 Å². The summed E-state index contributed by atoms with van der Waals surface area (Å²) in [5.41, 5.74) is 0.993. The Labute approximate surface area is 180 Å². The molecule has 6 nitrogen and oxygen atoms in total. The predicted molar refractivity (Wildman–Crippen MR) is 111 cm³/mol. The molecule has 0 saturated heterocycles. The molecular formula is C22H18F2N2O4S. The number of halogens is 2. The third-order valence-corrected chi connectivity index (χ3v) is 5.85. The van der Waals surface area contributed by atoms with Gasteiger partial charge in [0, 0.05) is 11.9 Å². The van der Waals surface area contributed by atoms with Crippen molar-refractivity contribution in [2.24, 2.45) is 0 Å². The average molecular weight is 444 g/mol. The van der Waals surface area contributed by atoms with Crippen LogP contribution in [0.25, 0.3) is 10.4 Å². The molecule has 160 valence electrons. The average Bonchev–Trinajstić information content (AvgIpc) is 3.29. The van der Waals surface area contributed by atoms with Crippen molar-refractivity contribution in [2.45, 2.75) is 6.04 Å². The Hall–Kier alpha value is -3.46. The van der Waals surface area contributed by atoms with Gasteiger partial charge in [0.15, 0.2) is 23.1 Å². The van der Waals surface area contributed by atoms with Gasteiger partial charge in [0.2, 0.25) is 5.91 Å². The van der Waals surface area contributed by atoms with E-state index in [-0.39, 0.29) is 5.56 Å². The first-order chi connectivity index (χ1) is 15.0. The number of ether oxygens (including phenoxy) is 2. The van der Waals surface area contributed by atoms with Crippen LogP contribution in [0.2, 0.25) is 0 Å². The summed E-state index contributed by atoms with van der Waals surface area (Å²) >= 11 is 1.23. The van der Waals surface area contributed by atoms with Gasteiger partial charge in [-0.25, -0.2) is 8.78 Å². The van der Waals surface area contributed by atoms with Gasteiger partial charge < -0.3 is 20.1 Å². The molecule has 9 heteroatoms. The minimum Gasteiger partial charge on any atom is -0.486 e. The second-order valence-electron chi connectivity index (χ2n) is 6.72. The van der Waals surface area contributed by atoms with Crippen LogP contribution in [0.4, 0.5) is 8.78 Å². The molecule has 0 aliphatic carbocycles. The van der Waals surface area contributed by atoms with E-state index in [9.17, 15) is 18.4 Å². The SMILES string of the molecule is CNC(=O)C(NC(=O)c1ccc(-c2ccc3c(c2)OCCO3)s1)c1ccc(F)c(F)c1. The second kappa shape index (κ2) is 8.73. The summed E-state index contributed by atoms with van der Waals surface area (Å²) in [5, 5.41) is 5.01. The number of hydrogen-bond donors (Lipinski definition) is 2. The molecule has 1 aliphatic rings. The van der Waals surface area contributed by atoms with E-state index in [0.717, 1.165) is 22.6 Å². The Bertz CT molecular complexity index is 1150. The van der Waals surface area contributed by atoms with E-state index < -0.39 is 29.5 Å². The van der Waals surface area contributed by atoms with E-state index in [4.69, 9.17) is 9.47 Å². The van der Waals surface area contributed by atoms with Gasteiger partial charge in [0.05, 0.1) is 4.88 Å². The summed E-state index contributed by atoms with van der Waals surface area (Å²) in [4.78, 5) is 26.2. The number of fused-ring (bicyclic) bond motifs is 1. The number of carbonyl (C=O) groups excluding carboxylic acids is 2. The Morgan fingerprint density at radius 1 is 0.968 bits per heavy atom. The monoisotopic (exact) mass is 444 g/mol. The molecular weight excluding hydrogens is 426 g/mol. The van der Waals surface area contributed by atoms with Crippen molar-refractivity contribution < 1.29 is 27.8 Å². The smallest absolute Gasteiger partial charge is 0.262 e. The molecule has 0 fully saturated rings. The molecule has 0 saturated carbocycles. The normalized spacial score (nSPS) is 13.4. The molecule has 2 amide bonds. The van der Waals surface area contributed by atoms with Crippen LogP contribution in [0.15, 0.2) is 48.5 Å². The van der Waals surface area contributed by atoms with Crippen LogP contribution in [0.3, 0.4) is 0 Å². The minimum absolute atomic E-state index is 0.134. The van der Waals surface area contributed by atoms with Crippen molar-refractivity contribution in [3.63, 3.8) is 0 Å². The standard InChI is InChI=1S/C22H18F2N2O4S/c1-25-22(28)20(13-2-4-14(23)15(24)10-13)26-21(27)19-7-6-18(31-19)12-3-5-16-17(11-12)30-9-8-29-16/h2-7,10-11,20H,8-9H2,1H3,(H,25,28)(H,26,27). The number of likely N-dealkylation sites (N-methyl/N-ethyl adjacent to an activating group) is 1. The summed E-state index contributed by atoms with van der Waals surface area (Å²) in [6.45, 7) is 0.972. The van der Waals surface area contributed by atoms with E-state index in [1.165, 1.54) is 24.5 Å². The fourth-order valence-corrected chi connectivity index (χ4v) is 4.06. The first kappa shape index (κ1) is 20.8. The summed E-state index contributed by atoms with van der Waals surface area (Å²) in [6, 6.07) is 10.8. The molecule has 2 heterocycles. The maximum absolute atomic E-state index is 13.6. The predicted octanol–water partition coefficient (Wildman–Crippen LogP) is 3.68. The molecule has 2 N–H and O–H groups in total. The lowest BCUT2D eigenvalue weighted by Crippen LogP contribution is -2.38. The maximum Gasteiger partial charge on any atom is 0.262 e. The van der Waals surface area contributed by atoms with E-state index in [1.54, 1.807) is 12.1 Å². The summed E-state index contributed by atoms with van der Waals surface area (Å²) in [7, 11) is 1.40. The first-order valence-electron chi connectivity index (χ1n) is 9.43. The van der Waals surface area contributed by atoms with Gasteiger partial charge >= 0.3 is 0 Å². The largest absolute Gasteiger partial charge is 0.486 e. The third-order valence-electron chi connectivity index (χ3n) is 4.72. The quantitative estimate of drug-likeness (QED) is 0.630. The second-order valence-corrected chi connectivity index (χ2v) is 7.80. The number of carbonyl (C=O) groups is 2. The molecule has 1 atom stereocenters. The van der Waals surface area contributed by atoms with Crippen molar-refractivity contribution in [2.75, 3.05) is 20.3 Å². The van der Waals surface area contributed by atoms with Crippen LogP contribution in [0.1, 0.15) is 21.3 Å². The lowest BCUT2D eigenvalue weighted by atomic mass is 10.1. The maximum atomic E-state index is 13.6. The van der Waals surface area contributed by atoms with Gasteiger partial charge in [-0.15, -0.1) is 11.3 Å². The zero-order valence-corrected chi connectivity index (χ0v) is 17.2. The summed E-state index contributed by atoms with van der Waals surface area (Å²) < 4.78 is 38.0. The number of nitrogens with one attached hydrogen (secondary N) is 2. The fourth-order valence-electron chi connectivity index (χ4n) is 3.15. The number of amides is 2. The van der Waals surface area contributed by atoms with Crippen LogP contribution in [0, 0.1) is 11.6 Å². The highest BCUT2D eigenvalue weighted by Gasteiger charge is 2.24. The van der Waals surface area contributed by atoms with Crippen molar-refractivity contribution >= 4 is 23.2 Å². The fraction of sp³-hybridized carbons (Fsp3) is 0.182. The molecule has 1 aromatic heterocycles. The molecule has 4 rings (SSSR count). The first-order valence-corrected chi connectivity index (χ1v) is 10.2. The number of thiophene rings is 1. The molecule has 31 heavy (non-hydrogen) atoms.